The summed E-state index contributed by atoms with van der Waals surface area (Å²) in [6.07, 6.45) is 1.34. The maximum atomic E-state index is 14.6. The molecule has 3 N–H and O–H groups in total. The van der Waals surface area contributed by atoms with E-state index >= 15 is 0 Å². The Kier molecular flexibility index (Phi) is 3.55. The van der Waals surface area contributed by atoms with Crippen LogP contribution in [0.4, 0.5) is 4.39 Å². The van der Waals surface area contributed by atoms with Crippen molar-refractivity contribution < 1.29 is 9.18 Å². The molecule has 0 aromatic heterocycles. The molecule has 3 aliphatic rings. The van der Waals surface area contributed by atoms with Crippen molar-refractivity contribution in [2.45, 2.75) is 51.7 Å². The predicted molar refractivity (Wildman–Crippen MR) is 90.3 cm³/mol. The van der Waals surface area contributed by atoms with Gasteiger partial charge in [0, 0.05) is 35.6 Å². The van der Waals surface area contributed by atoms with Crippen molar-refractivity contribution in [2.24, 2.45) is 11.3 Å². The van der Waals surface area contributed by atoms with Crippen LogP contribution < -0.4 is 16.2 Å². The minimum atomic E-state index is -0.230. The summed E-state index contributed by atoms with van der Waals surface area (Å²) in [5, 5.41) is 3.52. The van der Waals surface area contributed by atoms with Crippen LogP contribution in [0.1, 0.15) is 45.1 Å². The van der Waals surface area contributed by atoms with Crippen molar-refractivity contribution in [2.75, 3.05) is 0 Å². The van der Waals surface area contributed by atoms with Crippen molar-refractivity contribution in [3.8, 4) is 0 Å². The molecule has 0 radical (unpaired) electrons. The van der Waals surface area contributed by atoms with Crippen LogP contribution in [0.25, 0.3) is 0 Å². The standard InChI is InChI=1S/C19H24FN3O/c1-10-15-16(11-6-4-5-7-12(11)20)17-13(21-18(15)23-22-10)8-19(2,3)9-14(17)24/h4-7,10,15-16,18,21-23H,8-9H2,1-3H3. The molecule has 24 heavy (non-hydrogen) atoms. The molecule has 1 aliphatic carbocycles. The number of nitrogens with one attached hydrogen (secondary N) is 3. The molecule has 2 aliphatic heterocycles. The molecule has 1 aromatic rings. The lowest BCUT2D eigenvalue weighted by Crippen LogP contribution is -2.52. The van der Waals surface area contributed by atoms with E-state index in [9.17, 15) is 9.18 Å². The molecular formula is C19H24FN3O. The van der Waals surface area contributed by atoms with Crippen LogP contribution in [-0.4, -0.2) is 18.0 Å². The number of rotatable bonds is 1. The Hall–Kier alpha value is -1.72. The molecule has 0 saturated carbocycles. The van der Waals surface area contributed by atoms with Crippen LogP contribution in [0.15, 0.2) is 35.5 Å². The molecule has 4 unspecified atom stereocenters. The summed E-state index contributed by atoms with van der Waals surface area (Å²) < 4.78 is 14.6. The average Bonchev–Trinajstić information content (AvgIpc) is 2.86. The van der Waals surface area contributed by atoms with Crippen molar-refractivity contribution in [1.82, 2.24) is 16.2 Å². The summed E-state index contributed by atoms with van der Waals surface area (Å²) >= 11 is 0. The molecule has 4 nitrogen and oxygen atoms in total. The third-order valence-electron chi connectivity index (χ3n) is 5.61. The molecule has 4 rings (SSSR count). The van der Waals surface area contributed by atoms with E-state index < -0.39 is 0 Å². The molecular weight excluding hydrogens is 305 g/mol. The van der Waals surface area contributed by atoms with Crippen LogP contribution >= 0.6 is 0 Å². The number of hydrogen-bond donors (Lipinski definition) is 3. The zero-order chi connectivity index (χ0) is 17.1. The molecule has 1 saturated heterocycles. The number of hydrazine groups is 1. The second kappa shape index (κ2) is 5.39. The van der Waals surface area contributed by atoms with Crippen LogP contribution in [0.2, 0.25) is 0 Å². The van der Waals surface area contributed by atoms with Gasteiger partial charge in [-0.25, -0.2) is 9.82 Å². The zero-order valence-electron chi connectivity index (χ0n) is 14.3. The maximum Gasteiger partial charge on any atom is 0.161 e. The molecule has 1 aromatic carbocycles. The molecule has 0 spiro atoms. The Morgan fingerprint density at radius 2 is 1.92 bits per heavy atom. The third kappa shape index (κ3) is 2.38. The number of allylic oxidation sites excluding steroid dienone is 2. The predicted octanol–water partition coefficient (Wildman–Crippen LogP) is 2.59. The number of Topliss-reactive ketones (excluding diaryl/α,β-unsaturated/α-hetero) is 1. The lowest BCUT2D eigenvalue weighted by Gasteiger charge is -2.44. The summed E-state index contributed by atoms with van der Waals surface area (Å²) in [5.74, 6) is -0.203. The monoisotopic (exact) mass is 329 g/mol. The summed E-state index contributed by atoms with van der Waals surface area (Å²) in [6.45, 7) is 6.31. The first-order valence-electron chi connectivity index (χ1n) is 8.66. The Bertz CT molecular complexity index is 727. The average molecular weight is 329 g/mol. The summed E-state index contributed by atoms with van der Waals surface area (Å²) in [4.78, 5) is 13.0. The van der Waals surface area contributed by atoms with Crippen LogP contribution in [0.3, 0.4) is 0 Å². The molecule has 0 amide bonds. The highest BCUT2D eigenvalue weighted by Gasteiger charge is 2.50. The summed E-state index contributed by atoms with van der Waals surface area (Å²) in [7, 11) is 0. The third-order valence-corrected chi connectivity index (χ3v) is 5.61. The molecule has 0 bridgehead atoms. The number of carbonyl (C=O) groups excluding carboxylic acids is 1. The first-order chi connectivity index (χ1) is 11.4. The number of carbonyl (C=O) groups is 1. The first kappa shape index (κ1) is 15.8. The lowest BCUT2D eigenvalue weighted by molar-refractivity contribution is -0.118. The number of ketones is 1. The van der Waals surface area contributed by atoms with E-state index in [-0.39, 0.29) is 41.1 Å². The topological polar surface area (TPSA) is 53.2 Å². The quantitative estimate of drug-likeness (QED) is 0.741. The fraction of sp³-hybridized carbons (Fsp3) is 0.526. The van der Waals surface area contributed by atoms with Gasteiger partial charge in [-0.3, -0.25) is 10.2 Å². The van der Waals surface area contributed by atoms with E-state index in [1.54, 1.807) is 6.07 Å². The van der Waals surface area contributed by atoms with Crippen molar-refractivity contribution in [3.63, 3.8) is 0 Å². The highest BCUT2D eigenvalue weighted by atomic mass is 19.1. The highest BCUT2D eigenvalue weighted by molar-refractivity contribution is 5.99. The van der Waals surface area contributed by atoms with E-state index in [0.717, 1.165) is 17.7 Å². The van der Waals surface area contributed by atoms with E-state index in [1.807, 2.05) is 12.1 Å². The van der Waals surface area contributed by atoms with Crippen LogP contribution in [-0.2, 0) is 4.79 Å². The van der Waals surface area contributed by atoms with Crippen LogP contribution in [0, 0.1) is 17.2 Å². The maximum absolute atomic E-state index is 14.6. The summed E-state index contributed by atoms with van der Waals surface area (Å²) in [6, 6.07) is 7.01. The van der Waals surface area contributed by atoms with E-state index in [4.69, 9.17) is 0 Å². The molecule has 5 heteroatoms. The van der Waals surface area contributed by atoms with Gasteiger partial charge in [0.05, 0.1) is 6.17 Å². The molecule has 1 fully saturated rings. The van der Waals surface area contributed by atoms with Crippen LogP contribution in [0.5, 0.6) is 0 Å². The second-order valence-electron chi connectivity index (χ2n) is 8.11. The zero-order valence-corrected chi connectivity index (χ0v) is 14.3. The normalized spacial score (nSPS) is 34.6. The van der Waals surface area contributed by atoms with Gasteiger partial charge in [-0.05, 0) is 30.4 Å². The highest BCUT2D eigenvalue weighted by Crippen LogP contribution is 2.48. The minimum absolute atomic E-state index is 0.00468. The van der Waals surface area contributed by atoms with Crippen molar-refractivity contribution >= 4 is 5.78 Å². The number of hydrogen-bond acceptors (Lipinski definition) is 4. The van der Waals surface area contributed by atoms with Gasteiger partial charge in [0.1, 0.15) is 5.82 Å². The Morgan fingerprint density at radius 1 is 1.17 bits per heavy atom. The minimum Gasteiger partial charge on any atom is -0.371 e. The number of halogens is 1. The van der Waals surface area contributed by atoms with Gasteiger partial charge in [0.2, 0.25) is 0 Å². The Balaban J connectivity index is 1.89. The fourth-order valence-electron chi connectivity index (χ4n) is 4.61. The van der Waals surface area contributed by atoms with Crippen molar-refractivity contribution in [3.05, 3.63) is 46.9 Å². The Morgan fingerprint density at radius 3 is 2.67 bits per heavy atom. The Labute approximate surface area is 141 Å². The van der Waals surface area contributed by atoms with E-state index in [1.165, 1.54) is 6.07 Å². The second-order valence-corrected chi connectivity index (χ2v) is 8.11. The number of benzene rings is 1. The summed E-state index contributed by atoms with van der Waals surface area (Å²) in [5.41, 5.74) is 8.87. The largest absolute Gasteiger partial charge is 0.371 e. The van der Waals surface area contributed by atoms with Gasteiger partial charge in [-0.15, -0.1) is 0 Å². The van der Waals surface area contributed by atoms with Crippen molar-refractivity contribution in [1.29, 1.82) is 0 Å². The SMILES string of the molecule is CC1NNC2NC3=C(C(=O)CC(C)(C)C3)C(c3ccccc3F)C12. The fourth-order valence-corrected chi connectivity index (χ4v) is 4.61. The lowest BCUT2D eigenvalue weighted by atomic mass is 9.65. The van der Waals surface area contributed by atoms with Gasteiger partial charge >= 0.3 is 0 Å². The van der Waals surface area contributed by atoms with E-state index in [0.29, 0.717) is 12.0 Å². The van der Waals surface area contributed by atoms with Gasteiger partial charge in [0.15, 0.2) is 5.78 Å². The van der Waals surface area contributed by atoms with E-state index in [2.05, 4.69) is 36.9 Å². The molecule has 128 valence electrons. The molecule has 2 heterocycles. The number of fused-ring (bicyclic) bond motifs is 1. The van der Waals surface area contributed by atoms with Gasteiger partial charge < -0.3 is 5.32 Å². The first-order valence-corrected chi connectivity index (χ1v) is 8.66. The molecule has 4 atom stereocenters. The smallest absolute Gasteiger partial charge is 0.161 e. The van der Waals surface area contributed by atoms with Gasteiger partial charge in [0.25, 0.3) is 0 Å². The van der Waals surface area contributed by atoms with Gasteiger partial charge in [-0.2, -0.15) is 0 Å². The van der Waals surface area contributed by atoms with Gasteiger partial charge in [-0.1, -0.05) is 32.0 Å².